The van der Waals surface area contributed by atoms with E-state index in [0.29, 0.717) is 18.3 Å². The van der Waals surface area contributed by atoms with Crippen LogP contribution in [0.4, 0.5) is 11.4 Å². The summed E-state index contributed by atoms with van der Waals surface area (Å²) in [5.74, 6) is -0.0572. The largest absolute Gasteiger partial charge is 0.382 e. The molecule has 3 rings (SSSR count). The summed E-state index contributed by atoms with van der Waals surface area (Å²) in [5.41, 5.74) is 2.39. The quantitative estimate of drug-likeness (QED) is 0.791. The number of pyridine rings is 1. The molecule has 1 heterocycles. The number of nitrogens with zero attached hydrogens (tertiary/aromatic N) is 2. The van der Waals surface area contributed by atoms with Gasteiger partial charge in [0.25, 0.3) is 5.91 Å². The fraction of sp³-hybridized carbons (Fsp3) is 0.429. The van der Waals surface area contributed by atoms with E-state index in [9.17, 15) is 4.79 Å². The lowest BCUT2D eigenvalue weighted by molar-refractivity contribution is 0.0983. The molecule has 1 saturated carbocycles. The summed E-state index contributed by atoms with van der Waals surface area (Å²) < 4.78 is 0. The summed E-state index contributed by atoms with van der Waals surface area (Å²) in [6, 6.07) is 14.1. The third-order valence-electron chi connectivity index (χ3n) is 4.83. The highest BCUT2D eigenvalue weighted by molar-refractivity contribution is 6.05. The van der Waals surface area contributed by atoms with Gasteiger partial charge in [0, 0.05) is 30.2 Å². The lowest BCUT2D eigenvalue weighted by Gasteiger charge is -2.21. The molecule has 0 aliphatic heterocycles. The van der Waals surface area contributed by atoms with Gasteiger partial charge in [0.1, 0.15) is 5.69 Å². The lowest BCUT2D eigenvalue weighted by Crippen LogP contribution is -2.31. The van der Waals surface area contributed by atoms with E-state index in [4.69, 9.17) is 0 Å². The van der Waals surface area contributed by atoms with Gasteiger partial charge in [0.2, 0.25) is 0 Å². The van der Waals surface area contributed by atoms with Crippen molar-refractivity contribution in [3.8, 4) is 0 Å². The highest BCUT2D eigenvalue weighted by Crippen LogP contribution is 2.22. The summed E-state index contributed by atoms with van der Waals surface area (Å²) in [7, 11) is 0. The van der Waals surface area contributed by atoms with E-state index < -0.39 is 0 Å². The minimum Gasteiger partial charge on any atom is -0.382 e. The maximum absolute atomic E-state index is 12.9. The van der Waals surface area contributed by atoms with Gasteiger partial charge >= 0.3 is 0 Å². The first-order valence-electron chi connectivity index (χ1n) is 9.37. The van der Waals surface area contributed by atoms with E-state index >= 15 is 0 Å². The van der Waals surface area contributed by atoms with Crippen LogP contribution in [0.25, 0.3) is 0 Å². The maximum atomic E-state index is 12.9. The average Bonchev–Trinajstić information content (AvgIpc) is 2.92. The van der Waals surface area contributed by atoms with Crippen LogP contribution in [0.3, 0.4) is 0 Å². The van der Waals surface area contributed by atoms with Gasteiger partial charge in [-0.1, -0.05) is 43.9 Å². The number of carbonyl (C=O) groups is 1. The summed E-state index contributed by atoms with van der Waals surface area (Å²) in [6.07, 6.45) is 9.37. The molecule has 1 amide bonds. The normalized spacial score (nSPS) is 15.4. The SMILES string of the molecule is CCN(C(=O)c1cc(NC2CCCCCC2)ccn1)c1ccccc1. The highest BCUT2D eigenvalue weighted by Gasteiger charge is 2.18. The third kappa shape index (κ3) is 4.59. The number of nitrogens with one attached hydrogen (secondary N) is 1. The van der Waals surface area contributed by atoms with Gasteiger partial charge < -0.3 is 10.2 Å². The molecule has 132 valence electrons. The van der Waals surface area contributed by atoms with Crippen LogP contribution in [0.2, 0.25) is 0 Å². The number of rotatable bonds is 5. The molecule has 1 aliphatic carbocycles. The molecular weight excluding hydrogens is 310 g/mol. The zero-order valence-corrected chi connectivity index (χ0v) is 14.9. The predicted molar refractivity (Wildman–Crippen MR) is 103 cm³/mol. The van der Waals surface area contributed by atoms with Gasteiger partial charge in [-0.25, -0.2) is 0 Å². The molecule has 1 aromatic heterocycles. The van der Waals surface area contributed by atoms with Crippen molar-refractivity contribution in [3.63, 3.8) is 0 Å². The Kier molecular flexibility index (Phi) is 6.04. The number of carbonyl (C=O) groups excluding carboxylic acids is 1. The Balaban J connectivity index is 1.74. The molecule has 0 atom stereocenters. The van der Waals surface area contributed by atoms with E-state index in [2.05, 4.69) is 10.3 Å². The highest BCUT2D eigenvalue weighted by atomic mass is 16.2. The second-order valence-electron chi connectivity index (χ2n) is 6.65. The third-order valence-corrected chi connectivity index (χ3v) is 4.83. The Hall–Kier alpha value is -2.36. The molecule has 0 unspecified atom stereocenters. The van der Waals surface area contributed by atoms with Crippen molar-refractivity contribution in [1.29, 1.82) is 0 Å². The van der Waals surface area contributed by atoms with Gasteiger partial charge in [0.05, 0.1) is 0 Å². The fourth-order valence-corrected chi connectivity index (χ4v) is 3.49. The molecule has 4 nitrogen and oxygen atoms in total. The lowest BCUT2D eigenvalue weighted by atomic mass is 10.1. The predicted octanol–water partition coefficient (Wildman–Crippen LogP) is 4.88. The summed E-state index contributed by atoms with van der Waals surface area (Å²) in [6.45, 7) is 2.60. The molecule has 4 heteroatoms. The van der Waals surface area contributed by atoms with Crippen molar-refractivity contribution < 1.29 is 4.79 Å². The van der Waals surface area contributed by atoms with Crippen molar-refractivity contribution in [2.24, 2.45) is 0 Å². The van der Waals surface area contributed by atoms with E-state index in [-0.39, 0.29) is 5.91 Å². The molecule has 1 aliphatic rings. The van der Waals surface area contributed by atoms with Crippen molar-refractivity contribution in [2.75, 3.05) is 16.8 Å². The number of hydrogen-bond acceptors (Lipinski definition) is 3. The van der Waals surface area contributed by atoms with Crippen LogP contribution < -0.4 is 10.2 Å². The number of aromatic nitrogens is 1. The molecule has 2 aromatic rings. The monoisotopic (exact) mass is 337 g/mol. The molecule has 0 saturated heterocycles. The summed E-state index contributed by atoms with van der Waals surface area (Å²) >= 11 is 0. The minimum absolute atomic E-state index is 0.0572. The first-order chi connectivity index (χ1) is 12.3. The van der Waals surface area contributed by atoms with E-state index in [1.807, 2.05) is 49.4 Å². The van der Waals surface area contributed by atoms with Crippen LogP contribution in [-0.4, -0.2) is 23.5 Å². The van der Waals surface area contributed by atoms with Gasteiger partial charge in [0.15, 0.2) is 0 Å². The van der Waals surface area contributed by atoms with Gasteiger partial charge in [-0.05, 0) is 44.0 Å². The molecule has 0 spiro atoms. The zero-order chi connectivity index (χ0) is 17.5. The van der Waals surface area contributed by atoms with E-state index in [1.165, 1.54) is 38.5 Å². The number of benzene rings is 1. The fourth-order valence-electron chi connectivity index (χ4n) is 3.49. The van der Waals surface area contributed by atoms with Crippen molar-refractivity contribution in [1.82, 2.24) is 4.98 Å². The molecule has 0 radical (unpaired) electrons. The Morgan fingerprint density at radius 1 is 1.12 bits per heavy atom. The minimum atomic E-state index is -0.0572. The first-order valence-corrected chi connectivity index (χ1v) is 9.37. The maximum Gasteiger partial charge on any atom is 0.276 e. The second kappa shape index (κ2) is 8.65. The number of hydrogen-bond donors (Lipinski definition) is 1. The van der Waals surface area contributed by atoms with Gasteiger partial charge in [-0.3, -0.25) is 9.78 Å². The first kappa shape index (κ1) is 17.5. The van der Waals surface area contributed by atoms with Crippen LogP contribution in [0.1, 0.15) is 55.9 Å². The zero-order valence-electron chi connectivity index (χ0n) is 14.9. The van der Waals surface area contributed by atoms with E-state index in [0.717, 1.165) is 11.4 Å². The molecule has 0 bridgehead atoms. The van der Waals surface area contributed by atoms with Crippen LogP contribution in [0, 0.1) is 0 Å². The number of amides is 1. The smallest absolute Gasteiger partial charge is 0.276 e. The van der Waals surface area contributed by atoms with Gasteiger partial charge in [-0.2, -0.15) is 0 Å². The van der Waals surface area contributed by atoms with Crippen molar-refractivity contribution in [2.45, 2.75) is 51.5 Å². The van der Waals surface area contributed by atoms with Crippen molar-refractivity contribution in [3.05, 3.63) is 54.4 Å². The Morgan fingerprint density at radius 2 is 1.84 bits per heavy atom. The molecule has 1 aromatic carbocycles. The molecule has 1 N–H and O–H groups in total. The molecule has 1 fully saturated rings. The number of anilines is 2. The summed E-state index contributed by atoms with van der Waals surface area (Å²) in [5, 5.41) is 3.60. The standard InChI is InChI=1S/C21H27N3O/c1-2-24(19-12-8-5-9-13-19)21(25)20-16-18(14-15-22-20)23-17-10-6-3-4-7-11-17/h5,8-9,12-17H,2-4,6-7,10-11H2,1H3,(H,22,23). The molecular formula is C21H27N3O. The van der Waals surface area contributed by atoms with Crippen LogP contribution in [0.15, 0.2) is 48.7 Å². The van der Waals surface area contributed by atoms with Crippen LogP contribution in [0.5, 0.6) is 0 Å². The second-order valence-corrected chi connectivity index (χ2v) is 6.65. The Morgan fingerprint density at radius 3 is 2.52 bits per heavy atom. The van der Waals surface area contributed by atoms with Crippen molar-refractivity contribution >= 4 is 17.3 Å². The van der Waals surface area contributed by atoms with E-state index in [1.54, 1.807) is 11.1 Å². The Labute approximate surface area is 150 Å². The average molecular weight is 337 g/mol. The van der Waals surface area contributed by atoms with Gasteiger partial charge in [-0.15, -0.1) is 0 Å². The molecule has 25 heavy (non-hydrogen) atoms. The van der Waals surface area contributed by atoms with Crippen LogP contribution in [-0.2, 0) is 0 Å². The Bertz CT molecular complexity index is 679. The topological polar surface area (TPSA) is 45.2 Å². The summed E-state index contributed by atoms with van der Waals surface area (Å²) in [4.78, 5) is 19.0. The van der Waals surface area contributed by atoms with Crippen LogP contribution >= 0.6 is 0 Å². The number of para-hydroxylation sites is 1.